The molecule has 1 atom stereocenters. The highest BCUT2D eigenvalue weighted by molar-refractivity contribution is 9.10. The first kappa shape index (κ1) is 13.0. The lowest BCUT2D eigenvalue weighted by Crippen LogP contribution is -2.11. The van der Waals surface area contributed by atoms with Crippen LogP contribution in [0.15, 0.2) is 47.1 Å². The zero-order valence-electron chi connectivity index (χ0n) is 10.4. The molecule has 0 radical (unpaired) electrons. The molecule has 2 rings (SSSR count). The first-order chi connectivity index (χ1) is 8.59. The molecular weight excluding hydrogens is 290 g/mol. The first-order valence-electron chi connectivity index (χ1n) is 5.81. The second-order valence-corrected chi connectivity index (χ2v) is 5.16. The van der Waals surface area contributed by atoms with Crippen molar-refractivity contribution in [1.82, 2.24) is 4.98 Å². The lowest BCUT2D eigenvalue weighted by Gasteiger charge is -2.10. The Morgan fingerprint density at radius 1 is 1.28 bits per heavy atom. The number of rotatable bonds is 3. The normalized spacial score (nSPS) is 12.2. The van der Waals surface area contributed by atoms with E-state index in [1.165, 1.54) is 0 Å². The van der Waals surface area contributed by atoms with Gasteiger partial charge in [-0.3, -0.25) is 9.78 Å². The Morgan fingerprint density at radius 2 is 2.06 bits per heavy atom. The molecule has 0 amide bonds. The van der Waals surface area contributed by atoms with Crippen LogP contribution in [0, 0.1) is 6.92 Å². The van der Waals surface area contributed by atoms with Gasteiger partial charge in [-0.1, -0.05) is 28.1 Å². The van der Waals surface area contributed by atoms with E-state index in [1.54, 1.807) is 6.20 Å². The van der Waals surface area contributed by atoms with E-state index >= 15 is 0 Å². The maximum atomic E-state index is 12.4. The van der Waals surface area contributed by atoms with E-state index in [0.717, 1.165) is 21.3 Å². The minimum atomic E-state index is -0.216. The fourth-order valence-electron chi connectivity index (χ4n) is 1.81. The van der Waals surface area contributed by atoms with Crippen molar-refractivity contribution in [1.29, 1.82) is 0 Å². The summed E-state index contributed by atoms with van der Waals surface area (Å²) in [6, 6.07) is 11.3. The topological polar surface area (TPSA) is 30.0 Å². The molecule has 1 aromatic carbocycles. The number of ketones is 1. The molecular formula is C15H14BrNO. The maximum Gasteiger partial charge on any atom is 0.171 e. The van der Waals surface area contributed by atoms with Gasteiger partial charge in [0.1, 0.15) is 0 Å². The lowest BCUT2D eigenvalue weighted by molar-refractivity contribution is 0.0964. The van der Waals surface area contributed by atoms with E-state index < -0.39 is 0 Å². The van der Waals surface area contributed by atoms with Crippen molar-refractivity contribution in [2.75, 3.05) is 0 Å². The standard InChI is InChI=1S/C15H14BrNO/c1-10-9-12(6-7-13(10)16)15(18)11(2)14-5-3-4-8-17-14/h3-9,11H,1-2H3. The molecule has 1 heterocycles. The van der Waals surface area contributed by atoms with Gasteiger partial charge in [-0.05, 0) is 43.7 Å². The Balaban J connectivity index is 2.29. The van der Waals surface area contributed by atoms with Crippen molar-refractivity contribution >= 4 is 21.7 Å². The Morgan fingerprint density at radius 3 is 2.67 bits per heavy atom. The average Bonchev–Trinajstić information content (AvgIpc) is 2.41. The van der Waals surface area contributed by atoms with Gasteiger partial charge in [0.25, 0.3) is 0 Å². The molecule has 2 aromatic rings. The average molecular weight is 304 g/mol. The Kier molecular flexibility index (Phi) is 3.92. The number of aromatic nitrogens is 1. The number of aryl methyl sites for hydroxylation is 1. The van der Waals surface area contributed by atoms with Gasteiger partial charge in [0.15, 0.2) is 5.78 Å². The number of carbonyl (C=O) groups excluding carboxylic acids is 1. The van der Waals surface area contributed by atoms with Crippen LogP contribution in [0.3, 0.4) is 0 Å². The van der Waals surface area contributed by atoms with E-state index in [1.807, 2.05) is 50.2 Å². The van der Waals surface area contributed by atoms with Crippen LogP contribution >= 0.6 is 15.9 Å². The van der Waals surface area contributed by atoms with Crippen molar-refractivity contribution in [3.8, 4) is 0 Å². The number of pyridine rings is 1. The summed E-state index contributed by atoms with van der Waals surface area (Å²) in [7, 11) is 0. The molecule has 0 aliphatic rings. The minimum absolute atomic E-state index is 0.101. The molecule has 92 valence electrons. The van der Waals surface area contributed by atoms with Crippen molar-refractivity contribution in [2.45, 2.75) is 19.8 Å². The molecule has 1 unspecified atom stereocenters. The van der Waals surface area contributed by atoms with Gasteiger partial charge >= 0.3 is 0 Å². The molecule has 18 heavy (non-hydrogen) atoms. The van der Waals surface area contributed by atoms with Crippen molar-refractivity contribution in [2.24, 2.45) is 0 Å². The summed E-state index contributed by atoms with van der Waals surface area (Å²) in [5, 5.41) is 0. The Labute approximate surface area is 115 Å². The predicted octanol–water partition coefficient (Wildman–Crippen LogP) is 4.14. The number of Topliss-reactive ketones (excluding diaryl/α,β-unsaturated/α-hetero) is 1. The summed E-state index contributed by atoms with van der Waals surface area (Å²) in [4.78, 5) is 16.6. The molecule has 0 saturated carbocycles. The lowest BCUT2D eigenvalue weighted by atomic mass is 9.95. The van der Waals surface area contributed by atoms with Crippen LogP contribution in [0.2, 0.25) is 0 Å². The number of nitrogens with zero attached hydrogens (tertiary/aromatic N) is 1. The number of carbonyl (C=O) groups is 1. The summed E-state index contributed by atoms with van der Waals surface area (Å²) in [6.45, 7) is 3.87. The number of halogens is 1. The molecule has 3 heteroatoms. The molecule has 2 nitrogen and oxygen atoms in total. The zero-order chi connectivity index (χ0) is 13.1. The van der Waals surface area contributed by atoms with Crippen molar-refractivity contribution in [3.63, 3.8) is 0 Å². The van der Waals surface area contributed by atoms with Crippen LogP contribution in [0.25, 0.3) is 0 Å². The van der Waals surface area contributed by atoms with Gasteiger partial charge in [-0.15, -0.1) is 0 Å². The third-order valence-electron chi connectivity index (χ3n) is 2.97. The molecule has 0 bridgehead atoms. The van der Waals surface area contributed by atoms with Gasteiger partial charge in [-0.2, -0.15) is 0 Å². The summed E-state index contributed by atoms with van der Waals surface area (Å²) >= 11 is 3.44. The molecule has 0 fully saturated rings. The summed E-state index contributed by atoms with van der Waals surface area (Å²) < 4.78 is 1.02. The van der Waals surface area contributed by atoms with E-state index in [4.69, 9.17) is 0 Å². The monoisotopic (exact) mass is 303 g/mol. The summed E-state index contributed by atoms with van der Waals surface area (Å²) in [6.07, 6.45) is 1.71. The summed E-state index contributed by atoms with van der Waals surface area (Å²) in [5.74, 6) is -0.115. The van der Waals surface area contributed by atoms with Gasteiger partial charge in [-0.25, -0.2) is 0 Å². The van der Waals surface area contributed by atoms with Crippen molar-refractivity contribution in [3.05, 3.63) is 63.9 Å². The fourth-order valence-corrected chi connectivity index (χ4v) is 2.06. The SMILES string of the molecule is Cc1cc(C(=O)C(C)c2ccccn2)ccc1Br. The van der Waals surface area contributed by atoms with Crippen molar-refractivity contribution < 1.29 is 4.79 Å². The molecule has 0 N–H and O–H groups in total. The molecule has 0 aliphatic carbocycles. The zero-order valence-corrected chi connectivity index (χ0v) is 11.9. The van der Waals surface area contributed by atoms with E-state index in [9.17, 15) is 4.79 Å². The second kappa shape index (κ2) is 5.44. The molecule has 0 spiro atoms. The van der Waals surface area contributed by atoms with Crippen LogP contribution < -0.4 is 0 Å². The quantitative estimate of drug-likeness (QED) is 0.798. The maximum absolute atomic E-state index is 12.4. The highest BCUT2D eigenvalue weighted by atomic mass is 79.9. The van der Waals surface area contributed by atoms with Crippen LogP contribution in [-0.2, 0) is 0 Å². The Bertz CT molecular complexity index is 566. The molecule has 0 aliphatic heterocycles. The first-order valence-corrected chi connectivity index (χ1v) is 6.60. The smallest absolute Gasteiger partial charge is 0.171 e. The van der Waals surface area contributed by atoms with Gasteiger partial charge < -0.3 is 0 Å². The van der Waals surface area contributed by atoms with E-state index in [0.29, 0.717) is 0 Å². The molecule has 1 aromatic heterocycles. The van der Waals surface area contributed by atoms with Crippen LogP contribution in [0.5, 0.6) is 0 Å². The van der Waals surface area contributed by atoms with Crippen LogP contribution in [0.1, 0.15) is 34.5 Å². The predicted molar refractivity (Wildman–Crippen MR) is 75.9 cm³/mol. The Hall–Kier alpha value is -1.48. The number of hydrogen-bond acceptors (Lipinski definition) is 2. The number of hydrogen-bond donors (Lipinski definition) is 0. The largest absolute Gasteiger partial charge is 0.293 e. The van der Waals surface area contributed by atoms with Crippen LogP contribution in [-0.4, -0.2) is 10.8 Å². The third-order valence-corrected chi connectivity index (χ3v) is 3.86. The summed E-state index contributed by atoms with van der Waals surface area (Å²) in [5.41, 5.74) is 2.60. The molecule has 0 saturated heterocycles. The third kappa shape index (κ3) is 2.67. The van der Waals surface area contributed by atoms with E-state index in [-0.39, 0.29) is 11.7 Å². The van der Waals surface area contributed by atoms with Gasteiger partial charge in [0.05, 0.1) is 11.6 Å². The van der Waals surface area contributed by atoms with Gasteiger partial charge in [0.2, 0.25) is 0 Å². The number of benzene rings is 1. The highest BCUT2D eigenvalue weighted by Crippen LogP contribution is 2.22. The fraction of sp³-hybridized carbons (Fsp3) is 0.200. The van der Waals surface area contributed by atoms with Crippen LogP contribution in [0.4, 0.5) is 0 Å². The van der Waals surface area contributed by atoms with Gasteiger partial charge in [0, 0.05) is 16.2 Å². The second-order valence-electron chi connectivity index (χ2n) is 4.30. The van der Waals surface area contributed by atoms with E-state index in [2.05, 4.69) is 20.9 Å². The highest BCUT2D eigenvalue weighted by Gasteiger charge is 2.18. The minimum Gasteiger partial charge on any atom is -0.293 e.